The maximum Gasteiger partial charge on any atom is 0.251 e. The molecule has 0 unspecified atom stereocenters. The van der Waals surface area contributed by atoms with E-state index in [1.54, 1.807) is 0 Å². The SMILES string of the molecule is CC(C)c1ccc(C(=O)NCCCN)cc1. The Labute approximate surface area is 97.0 Å². The van der Waals surface area contributed by atoms with E-state index in [-0.39, 0.29) is 5.91 Å². The van der Waals surface area contributed by atoms with Crippen molar-refractivity contribution < 1.29 is 4.79 Å². The van der Waals surface area contributed by atoms with Gasteiger partial charge in [0.25, 0.3) is 5.91 Å². The lowest BCUT2D eigenvalue weighted by Crippen LogP contribution is -2.25. The molecule has 1 aromatic carbocycles. The molecule has 0 fully saturated rings. The fraction of sp³-hybridized carbons (Fsp3) is 0.462. The van der Waals surface area contributed by atoms with E-state index in [0.29, 0.717) is 24.6 Å². The van der Waals surface area contributed by atoms with E-state index in [9.17, 15) is 4.79 Å². The molecule has 3 N–H and O–H groups in total. The van der Waals surface area contributed by atoms with Crippen molar-refractivity contribution in [3.63, 3.8) is 0 Å². The first-order valence-electron chi connectivity index (χ1n) is 5.73. The monoisotopic (exact) mass is 220 g/mol. The molecule has 0 atom stereocenters. The molecule has 0 spiro atoms. The predicted molar refractivity (Wildman–Crippen MR) is 66.5 cm³/mol. The van der Waals surface area contributed by atoms with Crippen molar-refractivity contribution in [1.29, 1.82) is 0 Å². The average Bonchev–Trinajstić information content (AvgIpc) is 2.29. The second-order valence-electron chi connectivity index (χ2n) is 4.17. The van der Waals surface area contributed by atoms with Crippen LogP contribution in [0, 0.1) is 0 Å². The van der Waals surface area contributed by atoms with Crippen molar-refractivity contribution >= 4 is 5.91 Å². The Bertz CT molecular complexity index is 330. The van der Waals surface area contributed by atoms with Crippen molar-refractivity contribution in [2.24, 2.45) is 5.73 Å². The number of hydrogen-bond acceptors (Lipinski definition) is 2. The zero-order valence-electron chi connectivity index (χ0n) is 9.99. The summed E-state index contributed by atoms with van der Waals surface area (Å²) in [6.07, 6.45) is 0.815. The minimum Gasteiger partial charge on any atom is -0.352 e. The Morgan fingerprint density at radius 2 is 1.94 bits per heavy atom. The van der Waals surface area contributed by atoms with Gasteiger partial charge in [-0.2, -0.15) is 0 Å². The van der Waals surface area contributed by atoms with Gasteiger partial charge >= 0.3 is 0 Å². The molecular formula is C13H20N2O. The number of nitrogens with one attached hydrogen (secondary N) is 1. The van der Waals surface area contributed by atoms with Crippen LogP contribution in [0.3, 0.4) is 0 Å². The maximum absolute atomic E-state index is 11.6. The normalized spacial score (nSPS) is 10.5. The summed E-state index contributed by atoms with van der Waals surface area (Å²) in [5.41, 5.74) is 7.31. The van der Waals surface area contributed by atoms with Crippen LogP contribution in [0.25, 0.3) is 0 Å². The summed E-state index contributed by atoms with van der Waals surface area (Å²) in [5, 5.41) is 2.83. The molecule has 0 radical (unpaired) electrons. The molecule has 0 saturated heterocycles. The molecule has 0 saturated carbocycles. The second kappa shape index (κ2) is 6.28. The Morgan fingerprint density at radius 3 is 2.44 bits per heavy atom. The van der Waals surface area contributed by atoms with Crippen LogP contribution in [-0.4, -0.2) is 19.0 Å². The van der Waals surface area contributed by atoms with Gasteiger partial charge in [-0.25, -0.2) is 0 Å². The van der Waals surface area contributed by atoms with E-state index in [1.807, 2.05) is 24.3 Å². The van der Waals surface area contributed by atoms with Gasteiger partial charge < -0.3 is 11.1 Å². The van der Waals surface area contributed by atoms with Gasteiger partial charge in [0.15, 0.2) is 0 Å². The lowest BCUT2D eigenvalue weighted by molar-refractivity contribution is 0.0953. The van der Waals surface area contributed by atoms with Gasteiger partial charge in [0.2, 0.25) is 0 Å². The van der Waals surface area contributed by atoms with Gasteiger partial charge in [-0.3, -0.25) is 4.79 Å². The maximum atomic E-state index is 11.6. The van der Waals surface area contributed by atoms with Gasteiger partial charge in [-0.15, -0.1) is 0 Å². The zero-order valence-corrected chi connectivity index (χ0v) is 9.99. The average molecular weight is 220 g/mol. The van der Waals surface area contributed by atoms with Crippen LogP contribution in [-0.2, 0) is 0 Å². The van der Waals surface area contributed by atoms with Crippen LogP contribution >= 0.6 is 0 Å². The minimum absolute atomic E-state index is 0.0243. The molecule has 3 heteroatoms. The van der Waals surface area contributed by atoms with E-state index >= 15 is 0 Å². The first-order chi connectivity index (χ1) is 7.65. The number of carbonyl (C=O) groups excluding carboxylic acids is 1. The van der Waals surface area contributed by atoms with E-state index in [2.05, 4.69) is 19.2 Å². The van der Waals surface area contributed by atoms with Crippen molar-refractivity contribution in [2.45, 2.75) is 26.2 Å². The molecule has 0 aliphatic rings. The molecule has 0 aromatic heterocycles. The highest BCUT2D eigenvalue weighted by Gasteiger charge is 2.05. The molecule has 0 aliphatic carbocycles. The highest BCUT2D eigenvalue weighted by atomic mass is 16.1. The summed E-state index contributed by atoms with van der Waals surface area (Å²) in [6, 6.07) is 7.74. The van der Waals surface area contributed by atoms with E-state index in [1.165, 1.54) is 5.56 Å². The van der Waals surface area contributed by atoms with Gasteiger partial charge in [-0.05, 0) is 36.6 Å². The third-order valence-corrected chi connectivity index (χ3v) is 2.51. The van der Waals surface area contributed by atoms with Gasteiger partial charge in [0.1, 0.15) is 0 Å². The summed E-state index contributed by atoms with van der Waals surface area (Å²) in [4.78, 5) is 11.6. The first-order valence-corrected chi connectivity index (χ1v) is 5.73. The predicted octanol–water partition coefficient (Wildman–Crippen LogP) is 1.89. The van der Waals surface area contributed by atoms with Crippen molar-refractivity contribution in [3.8, 4) is 0 Å². The lowest BCUT2D eigenvalue weighted by Gasteiger charge is -2.07. The molecule has 0 aliphatic heterocycles. The minimum atomic E-state index is -0.0243. The van der Waals surface area contributed by atoms with Gasteiger partial charge in [0.05, 0.1) is 0 Å². The molecule has 1 aromatic rings. The summed E-state index contributed by atoms with van der Waals surface area (Å²) in [5.74, 6) is 0.470. The van der Waals surface area contributed by atoms with Crippen LogP contribution in [0.15, 0.2) is 24.3 Å². The van der Waals surface area contributed by atoms with Crippen molar-refractivity contribution in [3.05, 3.63) is 35.4 Å². The number of rotatable bonds is 5. The quantitative estimate of drug-likeness (QED) is 0.744. The van der Waals surface area contributed by atoms with Crippen molar-refractivity contribution in [2.75, 3.05) is 13.1 Å². The second-order valence-corrected chi connectivity index (χ2v) is 4.17. The molecule has 0 heterocycles. The molecule has 16 heavy (non-hydrogen) atoms. The van der Waals surface area contributed by atoms with Crippen LogP contribution in [0.5, 0.6) is 0 Å². The molecule has 1 amide bonds. The standard InChI is InChI=1S/C13H20N2O/c1-10(2)11-4-6-12(7-5-11)13(16)15-9-3-8-14/h4-7,10H,3,8-9,14H2,1-2H3,(H,15,16). The largest absolute Gasteiger partial charge is 0.352 e. The molecule has 88 valence electrons. The molecular weight excluding hydrogens is 200 g/mol. The third-order valence-electron chi connectivity index (χ3n) is 2.51. The molecule has 0 bridgehead atoms. The smallest absolute Gasteiger partial charge is 0.251 e. The summed E-state index contributed by atoms with van der Waals surface area (Å²) < 4.78 is 0. The number of nitrogens with two attached hydrogens (primary N) is 1. The number of amides is 1. The fourth-order valence-electron chi connectivity index (χ4n) is 1.43. The first kappa shape index (κ1) is 12.7. The zero-order chi connectivity index (χ0) is 12.0. The number of carbonyl (C=O) groups is 1. The fourth-order valence-corrected chi connectivity index (χ4v) is 1.43. The Kier molecular flexibility index (Phi) is 4.99. The van der Waals surface area contributed by atoms with Gasteiger partial charge in [0, 0.05) is 12.1 Å². The highest BCUT2D eigenvalue weighted by Crippen LogP contribution is 2.14. The van der Waals surface area contributed by atoms with Crippen molar-refractivity contribution in [1.82, 2.24) is 5.32 Å². The van der Waals surface area contributed by atoms with E-state index in [4.69, 9.17) is 5.73 Å². The third kappa shape index (κ3) is 3.66. The van der Waals surface area contributed by atoms with Crippen LogP contribution in [0.4, 0.5) is 0 Å². The Balaban J connectivity index is 2.56. The summed E-state index contributed by atoms with van der Waals surface area (Å²) >= 11 is 0. The van der Waals surface area contributed by atoms with E-state index < -0.39 is 0 Å². The molecule has 3 nitrogen and oxygen atoms in total. The van der Waals surface area contributed by atoms with E-state index in [0.717, 1.165) is 6.42 Å². The van der Waals surface area contributed by atoms with Crippen LogP contribution in [0.2, 0.25) is 0 Å². The number of hydrogen-bond donors (Lipinski definition) is 2. The topological polar surface area (TPSA) is 55.1 Å². The Morgan fingerprint density at radius 1 is 1.31 bits per heavy atom. The summed E-state index contributed by atoms with van der Waals surface area (Å²) in [6.45, 7) is 5.51. The van der Waals surface area contributed by atoms with Crippen LogP contribution < -0.4 is 11.1 Å². The highest BCUT2D eigenvalue weighted by molar-refractivity contribution is 5.94. The molecule has 1 rings (SSSR count). The van der Waals surface area contributed by atoms with Gasteiger partial charge in [-0.1, -0.05) is 26.0 Å². The number of benzene rings is 1. The summed E-state index contributed by atoms with van der Waals surface area (Å²) in [7, 11) is 0. The Hall–Kier alpha value is -1.35. The lowest BCUT2D eigenvalue weighted by atomic mass is 10.0. The van der Waals surface area contributed by atoms with Crippen LogP contribution in [0.1, 0.15) is 42.1 Å².